The second-order valence-electron chi connectivity index (χ2n) is 6.26. The minimum atomic E-state index is -0.768. The highest BCUT2D eigenvalue weighted by Crippen LogP contribution is 2.37. The van der Waals surface area contributed by atoms with Crippen LogP contribution in [-0.2, 0) is 14.3 Å². The maximum Gasteiger partial charge on any atom is 0.171 e. The van der Waals surface area contributed by atoms with Crippen molar-refractivity contribution in [2.24, 2.45) is 5.92 Å². The van der Waals surface area contributed by atoms with Crippen molar-refractivity contribution in [2.75, 3.05) is 21.3 Å². The molecule has 2 atom stereocenters. The van der Waals surface area contributed by atoms with Gasteiger partial charge in [-0.2, -0.15) is 0 Å². The van der Waals surface area contributed by atoms with Gasteiger partial charge in [-0.3, -0.25) is 4.79 Å². The smallest absolute Gasteiger partial charge is 0.171 e. The Kier molecular flexibility index (Phi) is 4.64. The predicted molar refractivity (Wildman–Crippen MR) is 74.0 cm³/mol. The normalized spacial score (nSPS) is 32.3. The van der Waals surface area contributed by atoms with Crippen molar-refractivity contribution >= 4 is 5.78 Å². The Morgan fingerprint density at radius 1 is 1.21 bits per heavy atom. The third-order valence-electron chi connectivity index (χ3n) is 5.15. The van der Waals surface area contributed by atoms with E-state index in [1.165, 1.54) is 19.3 Å². The van der Waals surface area contributed by atoms with Crippen LogP contribution < -0.4 is 0 Å². The summed E-state index contributed by atoms with van der Waals surface area (Å²) in [5.41, 5.74) is 0. The molecule has 2 unspecified atom stereocenters. The minimum Gasteiger partial charge on any atom is -0.353 e. The van der Waals surface area contributed by atoms with Crippen molar-refractivity contribution in [3.63, 3.8) is 0 Å². The second-order valence-corrected chi connectivity index (χ2v) is 6.26. The molecule has 0 aromatic carbocycles. The molecule has 0 saturated carbocycles. The molecular formula is C15H27NO3. The van der Waals surface area contributed by atoms with Crippen molar-refractivity contribution in [1.29, 1.82) is 0 Å². The lowest BCUT2D eigenvalue weighted by Gasteiger charge is -2.47. The van der Waals surface area contributed by atoms with Crippen LogP contribution in [0.3, 0.4) is 0 Å². The third kappa shape index (κ3) is 3.18. The number of nitrogens with zero attached hydrogens (tertiary/aromatic N) is 1. The van der Waals surface area contributed by atoms with Gasteiger partial charge in [-0.05, 0) is 39.7 Å². The van der Waals surface area contributed by atoms with Crippen LogP contribution >= 0.6 is 0 Å². The fraction of sp³-hybridized carbons (Fsp3) is 0.933. The fourth-order valence-electron chi connectivity index (χ4n) is 3.57. The topological polar surface area (TPSA) is 38.8 Å². The summed E-state index contributed by atoms with van der Waals surface area (Å²) in [6, 6.07) is 1.19. The summed E-state index contributed by atoms with van der Waals surface area (Å²) in [4.78, 5) is 15.0. The van der Waals surface area contributed by atoms with Crippen LogP contribution in [0.5, 0.6) is 0 Å². The molecule has 2 rings (SSSR count). The van der Waals surface area contributed by atoms with Crippen LogP contribution in [-0.4, -0.2) is 49.8 Å². The van der Waals surface area contributed by atoms with E-state index in [-0.39, 0.29) is 5.92 Å². The van der Waals surface area contributed by atoms with Gasteiger partial charge in [0.25, 0.3) is 0 Å². The predicted octanol–water partition coefficient (Wildman–Crippen LogP) is 2.22. The number of carbonyl (C=O) groups excluding carboxylic acids is 1. The first-order valence-electron chi connectivity index (χ1n) is 7.34. The van der Waals surface area contributed by atoms with Crippen molar-refractivity contribution < 1.29 is 14.3 Å². The van der Waals surface area contributed by atoms with E-state index in [2.05, 4.69) is 11.9 Å². The Balaban J connectivity index is 1.97. The van der Waals surface area contributed by atoms with Crippen LogP contribution in [0, 0.1) is 5.92 Å². The monoisotopic (exact) mass is 269 g/mol. The SMILES string of the molecule is COC(C)(CC(=O)C1CC2CCCC(C1)N2C)OC. The quantitative estimate of drug-likeness (QED) is 0.717. The zero-order valence-corrected chi connectivity index (χ0v) is 12.6. The highest BCUT2D eigenvalue weighted by atomic mass is 16.7. The number of piperidine rings is 2. The van der Waals surface area contributed by atoms with Crippen molar-refractivity contribution in [3.05, 3.63) is 0 Å². The van der Waals surface area contributed by atoms with E-state index >= 15 is 0 Å². The first-order chi connectivity index (χ1) is 8.99. The number of rotatable bonds is 5. The lowest BCUT2D eigenvalue weighted by Crippen LogP contribution is -2.51. The van der Waals surface area contributed by atoms with E-state index in [1.54, 1.807) is 14.2 Å². The van der Waals surface area contributed by atoms with Crippen LogP contribution in [0.25, 0.3) is 0 Å². The first-order valence-corrected chi connectivity index (χ1v) is 7.34. The van der Waals surface area contributed by atoms with E-state index in [0.29, 0.717) is 24.3 Å². The number of hydrogen-bond donors (Lipinski definition) is 0. The number of carbonyl (C=O) groups is 1. The molecule has 19 heavy (non-hydrogen) atoms. The first kappa shape index (κ1) is 14.9. The molecule has 110 valence electrons. The van der Waals surface area contributed by atoms with E-state index in [0.717, 1.165) is 12.8 Å². The average molecular weight is 269 g/mol. The molecule has 0 radical (unpaired) electrons. The largest absolute Gasteiger partial charge is 0.353 e. The summed E-state index contributed by atoms with van der Waals surface area (Å²) < 4.78 is 10.6. The summed E-state index contributed by atoms with van der Waals surface area (Å²) in [5, 5.41) is 0. The molecular weight excluding hydrogens is 242 g/mol. The Labute approximate surface area is 116 Å². The minimum absolute atomic E-state index is 0.191. The lowest BCUT2D eigenvalue weighted by molar-refractivity contribution is -0.199. The summed E-state index contributed by atoms with van der Waals surface area (Å²) in [5.74, 6) is -0.275. The molecule has 4 nitrogen and oxygen atoms in total. The molecule has 0 N–H and O–H groups in total. The zero-order chi connectivity index (χ0) is 14.0. The standard InChI is InChI=1S/C15H27NO3/c1-15(18-3,19-4)10-14(17)11-8-12-6-5-7-13(9-11)16(12)2/h11-13H,5-10H2,1-4H3. The Morgan fingerprint density at radius 3 is 2.21 bits per heavy atom. The molecule has 0 aliphatic carbocycles. The Bertz CT molecular complexity index is 313. The number of hydrogen-bond acceptors (Lipinski definition) is 4. The van der Waals surface area contributed by atoms with Gasteiger partial charge in [0.05, 0.1) is 6.42 Å². The van der Waals surface area contributed by atoms with Gasteiger partial charge in [-0.15, -0.1) is 0 Å². The van der Waals surface area contributed by atoms with Crippen LogP contribution in [0.4, 0.5) is 0 Å². The maximum absolute atomic E-state index is 12.5. The summed E-state index contributed by atoms with van der Waals surface area (Å²) in [6.07, 6.45) is 6.16. The van der Waals surface area contributed by atoms with E-state index in [4.69, 9.17) is 9.47 Å². The Hall–Kier alpha value is -0.450. The van der Waals surface area contributed by atoms with Gasteiger partial charge in [0.15, 0.2) is 5.79 Å². The van der Waals surface area contributed by atoms with Gasteiger partial charge in [-0.1, -0.05) is 6.42 Å². The van der Waals surface area contributed by atoms with Gasteiger partial charge in [-0.25, -0.2) is 0 Å². The highest BCUT2D eigenvalue weighted by molar-refractivity contribution is 5.82. The molecule has 2 aliphatic rings. The summed E-state index contributed by atoms with van der Waals surface area (Å²) in [7, 11) is 5.41. The lowest BCUT2D eigenvalue weighted by atomic mass is 9.76. The molecule has 2 aliphatic heterocycles. The summed E-state index contributed by atoms with van der Waals surface area (Å²) >= 11 is 0. The number of methoxy groups -OCH3 is 2. The maximum atomic E-state index is 12.5. The number of ether oxygens (including phenoxy) is 2. The van der Waals surface area contributed by atoms with Crippen LogP contribution in [0.2, 0.25) is 0 Å². The van der Waals surface area contributed by atoms with Crippen LogP contribution in [0.1, 0.15) is 45.4 Å². The molecule has 4 heteroatoms. The van der Waals surface area contributed by atoms with E-state index in [9.17, 15) is 4.79 Å². The highest BCUT2D eigenvalue weighted by Gasteiger charge is 2.40. The third-order valence-corrected chi connectivity index (χ3v) is 5.15. The van der Waals surface area contributed by atoms with Gasteiger partial charge in [0.1, 0.15) is 5.78 Å². The van der Waals surface area contributed by atoms with Gasteiger partial charge >= 0.3 is 0 Å². The molecule has 2 saturated heterocycles. The zero-order valence-electron chi connectivity index (χ0n) is 12.6. The van der Waals surface area contributed by atoms with Crippen molar-refractivity contribution in [3.8, 4) is 0 Å². The number of ketones is 1. The van der Waals surface area contributed by atoms with Gasteiger partial charge < -0.3 is 14.4 Å². The van der Waals surface area contributed by atoms with Crippen molar-refractivity contribution in [2.45, 2.75) is 63.3 Å². The van der Waals surface area contributed by atoms with Gasteiger partial charge in [0, 0.05) is 32.2 Å². The molecule has 0 aromatic rings. The molecule has 2 heterocycles. The molecule has 0 amide bonds. The molecule has 0 spiro atoms. The summed E-state index contributed by atoms with van der Waals surface area (Å²) in [6.45, 7) is 1.83. The Morgan fingerprint density at radius 2 is 1.74 bits per heavy atom. The average Bonchev–Trinajstić information content (AvgIpc) is 2.38. The molecule has 0 aromatic heterocycles. The van der Waals surface area contributed by atoms with Crippen LogP contribution in [0.15, 0.2) is 0 Å². The second kappa shape index (κ2) is 5.90. The van der Waals surface area contributed by atoms with E-state index in [1.807, 2.05) is 6.92 Å². The van der Waals surface area contributed by atoms with Gasteiger partial charge in [0.2, 0.25) is 0 Å². The number of fused-ring (bicyclic) bond motifs is 2. The molecule has 2 fully saturated rings. The van der Waals surface area contributed by atoms with Crippen molar-refractivity contribution in [1.82, 2.24) is 4.90 Å². The molecule has 2 bridgehead atoms. The number of Topliss-reactive ketones (excluding diaryl/α,β-unsaturated/α-hetero) is 1. The fourth-order valence-corrected chi connectivity index (χ4v) is 3.57. The van der Waals surface area contributed by atoms with E-state index < -0.39 is 5.79 Å².